The standard InChI is InChI=1S/C22H48O11Si4/c1-10-35(9,33-37(25-5,26-6)15-11-13-27-17-21-18-29-21)31-34(7,8)32-36(23-3,24-4)16-12-14-28-20(2)22-19-30-22/h10,20-22H,1,11-19H2,2-9H3. The summed E-state index contributed by atoms with van der Waals surface area (Å²) in [5, 5.41) is 0. The average Bonchev–Trinajstić information content (AvgIpc) is 3.78. The van der Waals surface area contributed by atoms with E-state index in [1.54, 1.807) is 34.1 Å². The summed E-state index contributed by atoms with van der Waals surface area (Å²) in [6, 6.07) is 1.19. The van der Waals surface area contributed by atoms with E-state index in [-0.39, 0.29) is 18.3 Å². The molecule has 0 aromatic carbocycles. The van der Waals surface area contributed by atoms with Gasteiger partial charge < -0.3 is 49.0 Å². The van der Waals surface area contributed by atoms with Gasteiger partial charge in [-0.1, -0.05) is 5.70 Å². The van der Waals surface area contributed by atoms with E-state index in [9.17, 15) is 0 Å². The third-order valence-corrected chi connectivity index (χ3v) is 21.0. The van der Waals surface area contributed by atoms with Gasteiger partial charge in [0.2, 0.25) is 0 Å². The van der Waals surface area contributed by atoms with Crippen molar-refractivity contribution < 1.29 is 49.0 Å². The molecule has 0 spiro atoms. The second-order valence-electron chi connectivity index (χ2n) is 9.79. The molecule has 4 atom stereocenters. The normalized spacial score (nSPS) is 22.5. The molecule has 0 saturated carbocycles. The van der Waals surface area contributed by atoms with Crippen molar-refractivity contribution in [3.8, 4) is 0 Å². The lowest BCUT2D eigenvalue weighted by Gasteiger charge is -2.41. The van der Waals surface area contributed by atoms with Gasteiger partial charge in [-0.3, -0.25) is 0 Å². The lowest BCUT2D eigenvalue weighted by Crippen LogP contribution is -2.61. The summed E-state index contributed by atoms with van der Waals surface area (Å²) in [7, 11) is -5.37. The summed E-state index contributed by atoms with van der Waals surface area (Å²) in [4.78, 5) is 0. The van der Waals surface area contributed by atoms with Crippen LogP contribution in [0.1, 0.15) is 19.8 Å². The Kier molecular flexibility index (Phi) is 13.8. The summed E-state index contributed by atoms with van der Waals surface area (Å²) in [5.74, 6) is 0. The molecule has 2 saturated heterocycles. The fourth-order valence-corrected chi connectivity index (χ4v) is 19.5. The Morgan fingerprint density at radius 3 is 1.86 bits per heavy atom. The van der Waals surface area contributed by atoms with Crippen molar-refractivity contribution in [3.63, 3.8) is 0 Å². The minimum Gasteiger partial charge on any atom is -0.413 e. The first kappa shape index (κ1) is 33.4. The summed E-state index contributed by atoms with van der Waals surface area (Å²) >= 11 is 0. The third kappa shape index (κ3) is 11.7. The summed E-state index contributed by atoms with van der Waals surface area (Å²) in [5.41, 5.74) is 1.74. The number of ether oxygens (including phenoxy) is 4. The van der Waals surface area contributed by atoms with Gasteiger partial charge in [-0.2, -0.15) is 0 Å². The molecule has 2 aliphatic rings. The van der Waals surface area contributed by atoms with E-state index in [2.05, 4.69) is 6.58 Å². The zero-order valence-corrected chi connectivity index (χ0v) is 27.9. The Bertz CT molecular complexity index is 673. The molecule has 218 valence electrons. The fraction of sp³-hybridized carbons (Fsp3) is 0.909. The number of rotatable bonds is 23. The molecule has 11 nitrogen and oxygen atoms in total. The maximum atomic E-state index is 6.61. The molecule has 0 aromatic rings. The molecule has 2 heterocycles. The van der Waals surface area contributed by atoms with Gasteiger partial charge in [-0.15, -0.1) is 6.58 Å². The molecule has 2 rings (SSSR count). The van der Waals surface area contributed by atoms with Crippen LogP contribution in [0.5, 0.6) is 0 Å². The van der Waals surface area contributed by atoms with Crippen LogP contribution in [-0.4, -0.2) is 115 Å². The molecule has 15 heteroatoms. The highest BCUT2D eigenvalue weighted by Crippen LogP contribution is 2.29. The first-order valence-corrected chi connectivity index (χ1v) is 21.9. The van der Waals surface area contributed by atoms with Crippen LogP contribution < -0.4 is 0 Å². The van der Waals surface area contributed by atoms with E-state index in [1.165, 1.54) is 0 Å². The highest BCUT2D eigenvalue weighted by atomic mass is 28.5. The Morgan fingerprint density at radius 2 is 1.38 bits per heavy atom. The number of epoxide rings is 2. The molecular formula is C22H48O11Si4. The van der Waals surface area contributed by atoms with Crippen molar-refractivity contribution in [1.82, 2.24) is 0 Å². The van der Waals surface area contributed by atoms with Crippen molar-refractivity contribution in [1.29, 1.82) is 0 Å². The maximum Gasteiger partial charge on any atom is 0.491 e. The lowest BCUT2D eigenvalue weighted by atomic mass is 10.3. The Hall–Kier alpha value is 0.168. The average molecular weight is 601 g/mol. The van der Waals surface area contributed by atoms with E-state index in [0.29, 0.717) is 31.9 Å². The smallest absolute Gasteiger partial charge is 0.413 e. The van der Waals surface area contributed by atoms with Crippen LogP contribution >= 0.6 is 0 Å². The Morgan fingerprint density at radius 1 is 0.838 bits per heavy atom. The van der Waals surface area contributed by atoms with Crippen LogP contribution in [0, 0.1) is 0 Å². The van der Waals surface area contributed by atoms with E-state index in [0.717, 1.165) is 26.1 Å². The molecule has 2 fully saturated rings. The molecule has 0 aromatic heterocycles. The predicted octanol–water partition coefficient (Wildman–Crippen LogP) is 3.00. The minimum atomic E-state index is -3.03. The highest BCUT2D eigenvalue weighted by Gasteiger charge is 2.52. The van der Waals surface area contributed by atoms with Crippen LogP contribution in [-0.2, 0) is 49.0 Å². The van der Waals surface area contributed by atoms with Crippen LogP contribution in [0.4, 0.5) is 0 Å². The predicted molar refractivity (Wildman–Crippen MR) is 147 cm³/mol. The van der Waals surface area contributed by atoms with Crippen LogP contribution in [0.2, 0.25) is 31.7 Å². The van der Waals surface area contributed by atoms with E-state index in [1.807, 2.05) is 26.6 Å². The number of hydrogen-bond donors (Lipinski definition) is 0. The van der Waals surface area contributed by atoms with Gasteiger partial charge in [0.1, 0.15) is 12.2 Å². The zero-order valence-electron chi connectivity index (χ0n) is 23.9. The van der Waals surface area contributed by atoms with Crippen molar-refractivity contribution in [3.05, 3.63) is 12.3 Å². The minimum absolute atomic E-state index is 0.0810. The quantitative estimate of drug-likeness (QED) is 0.0981. The Labute approximate surface area is 227 Å². The molecule has 0 N–H and O–H groups in total. The van der Waals surface area contributed by atoms with Gasteiger partial charge in [0, 0.05) is 53.7 Å². The van der Waals surface area contributed by atoms with Crippen molar-refractivity contribution in [2.45, 2.75) is 69.8 Å². The van der Waals surface area contributed by atoms with Gasteiger partial charge in [-0.05, 0) is 39.4 Å². The van der Waals surface area contributed by atoms with Crippen molar-refractivity contribution >= 4 is 34.7 Å². The van der Waals surface area contributed by atoms with E-state index >= 15 is 0 Å². The highest BCUT2D eigenvalue weighted by molar-refractivity contribution is 6.89. The molecule has 0 radical (unpaired) electrons. The topological polar surface area (TPSA) is 108 Å². The molecule has 37 heavy (non-hydrogen) atoms. The molecule has 0 bridgehead atoms. The monoisotopic (exact) mass is 600 g/mol. The van der Waals surface area contributed by atoms with Crippen molar-refractivity contribution in [2.24, 2.45) is 0 Å². The fourth-order valence-electron chi connectivity index (χ4n) is 3.90. The molecule has 2 aliphatic heterocycles. The summed E-state index contributed by atoms with van der Waals surface area (Å²) < 4.78 is 65.0. The second-order valence-corrected chi connectivity index (χ2v) is 22.8. The van der Waals surface area contributed by atoms with Gasteiger partial charge in [-0.25, -0.2) is 0 Å². The maximum absolute atomic E-state index is 6.61. The number of hydrogen-bond acceptors (Lipinski definition) is 11. The molecule has 4 unspecified atom stereocenters. The Balaban J connectivity index is 1.94. The SMILES string of the molecule is C=C[Si](C)(O[Si](C)(C)O[Si](CCCOC(C)C1CO1)(OC)OC)O[Si](CCCOCC1CO1)(OC)OC. The molecular weight excluding hydrogens is 553 g/mol. The van der Waals surface area contributed by atoms with Crippen molar-refractivity contribution in [2.75, 3.05) is 61.5 Å². The van der Waals surface area contributed by atoms with E-state index < -0.39 is 34.7 Å². The third-order valence-electron chi connectivity index (χ3n) is 6.19. The first-order chi connectivity index (χ1) is 17.5. The van der Waals surface area contributed by atoms with Gasteiger partial charge >= 0.3 is 34.7 Å². The first-order valence-electron chi connectivity index (χ1n) is 12.9. The molecule has 0 amide bonds. The second kappa shape index (κ2) is 15.2. The van der Waals surface area contributed by atoms with E-state index in [4.69, 9.17) is 49.0 Å². The zero-order chi connectivity index (χ0) is 27.6. The largest absolute Gasteiger partial charge is 0.491 e. The summed E-state index contributed by atoms with van der Waals surface area (Å²) in [6.45, 7) is 15.2. The van der Waals surface area contributed by atoms with Crippen LogP contribution in [0.15, 0.2) is 12.3 Å². The summed E-state index contributed by atoms with van der Waals surface area (Å²) in [6.07, 6.45) is 2.00. The van der Waals surface area contributed by atoms with Crippen LogP contribution in [0.3, 0.4) is 0 Å². The van der Waals surface area contributed by atoms with Gasteiger partial charge in [0.15, 0.2) is 0 Å². The van der Waals surface area contributed by atoms with Gasteiger partial charge in [0.05, 0.1) is 25.9 Å². The van der Waals surface area contributed by atoms with Gasteiger partial charge in [0.25, 0.3) is 0 Å². The van der Waals surface area contributed by atoms with Crippen LogP contribution in [0.25, 0.3) is 0 Å². The lowest BCUT2D eigenvalue weighted by molar-refractivity contribution is 0.0434. The molecule has 0 aliphatic carbocycles.